The van der Waals surface area contributed by atoms with E-state index in [2.05, 4.69) is 25.7 Å². The van der Waals surface area contributed by atoms with Crippen LogP contribution in [0.2, 0.25) is 0 Å². The minimum absolute atomic E-state index is 0.0889. The van der Waals surface area contributed by atoms with Gasteiger partial charge in [0, 0.05) is 49.8 Å². The molecule has 4 rings (SSSR count). The Hall–Kier alpha value is -2.80. The van der Waals surface area contributed by atoms with Crippen LogP contribution in [0.3, 0.4) is 0 Å². The van der Waals surface area contributed by atoms with Crippen LogP contribution in [0.25, 0.3) is 0 Å². The van der Waals surface area contributed by atoms with Gasteiger partial charge < -0.3 is 9.80 Å². The van der Waals surface area contributed by atoms with E-state index >= 15 is 0 Å². The number of aromatic nitrogens is 2. The van der Waals surface area contributed by atoms with Gasteiger partial charge in [0.1, 0.15) is 17.5 Å². The zero-order valence-electron chi connectivity index (χ0n) is 18.8. The summed E-state index contributed by atoms with van der Waals surface area (Å²) in [5, 5.41) is 1.93. The molecule has 1 aliphatic heterocycles. The fraction of sp³-hybridized carbons (Fsp3) is 0.400. The van der Waals surface area contributed by atoms with Crippen molar-refractivity contribution in [2.75, 3.05) is 31.1 Å². The van der Waals surface area contributed by atoms with Gasteiger partial charge in [-0.1, -0.05) is 45.0 Å². The highest BCUT2D eigenvalue weighted by molar-refractivity contribution is 7.12. The zero-order chi connectivity index (χ0) is 22.7. The molecule has 3 heterocycles. The summed E-state index contributed by atoms with van der Waals surface area (Å²) >= 11 is 1.48. The van der Waals surface area contributed by atoms with Crippen molar-refractivity contribution in [3.63, 3.8) is 0 Å². The van der Waals surface area contributed by atoms with E-state index in [0.717, 1.165) is 34.2 Å². The maximum Gasteiger partial charge on any atom is 0.264 e. The van der Waals surface area contributed by atoms with Crippen molar-refractivity contribution in [2.24, 2.45) is 0 Å². The van der Waals surface area contributed by atoms with Crippen LogP contribution in [0.15, 0.2) is 41.8 Å². The molecule has 2 aromatic heterocycles. The molecular formula is C25H29FN4OS. The first-order chi connectivity index (χ1) is 15.5. The average molecular weight is 453 g/mol. The van der Waals surface area contributed by atoms with Gasteiger partial charge >= 0.3 is 0 Å². The summed E-state index contributed by atoms with van der Waals surface area (Å²) in [5.41, 5.74) is 2.61. The molecule has 0 spiro atoms. The quantitative estimate of drug-likeness (QED) is 0.533. The highest BCUT2D eigenvalue weighted by Crippen LogP contribution is 2.28. The molecule has 5 nitrogen and oxygen atoms in total. The highest BCUT2D eigenvalue weighted by atomic mass is 32.1. The van der Waals surface area contributed by atoms with Crippen molar-refractivity contribution >= 4 is 23.1 Å². The molecule has 0 N–H and O–H groups in total. The number of hydrogen-bond donors (Lipinski definition) is 0. The molecule has 1 aromatic carbocycles. The van der Waals surface area contributed by atoms with Gasteiger partial charge in [-0.25, -0.2) is 14.4 Å². The maximum atomic E-state index is 14.5. The molecule has 0 atom stereocenters. The molecule has 7 heteroatoms. The molecule has 0 radical (unpaired) electrons. The van der Waals surface area contributed by atoms with Crippen LogP contribution in [-0.2, 0) is 12.8 Å². The molecule has 0 aliphatic carbocycles. The summed E-state index contributed by atoms with van der Waals surface area (Å²) in [6.07, 6.45) is 1.22. The van der Waals surface area contributed by atoms with Gasteiger partial charge in [-0.2, -0.15) is 0 Å². The SMILES string of the molecule is CCc1nc(C(C)C)nc(N2CCN(C(=O)c3cccs3)CC2)c1Cc1ccccc1F. The predicted octanol–water partition coefficient (Wildman–Crippen LogP) is 4.92. The second kappa shape index (κ2) is 9.77. The second-order valence-electron chi connectivity index (χ2n) is 8.36. The third-order valence-electron chi connectivity index (χ3n) is 5.86. The number of anilines is 1. The van der Waals surface area contributed by atoms with Crippen molar-refractivity contribution in [3.05, 3.63) is 75.1 Å². The van der Waals surface area contributed by atoms with Gasteiger partial charge in [0.05, 0.1) is 4.88 Å². The number of aryl methyl sites for hydroxylation is 1. The molecule has 1 fully saturated rings. The van der Waals surface area contributed by atoms with E-state index in [1.165, 1.54) is 17.4 Å². The largest absolute Gasteiger partial charge is 0.353 e. The Bertz CT molecular complexity index is 1080. The summed E-state index contributed by atoms with van der Waals surface area (Å²) in [6.45, 7) is 8.92. The Labute approximate surface area is 192 Å². The molecule has 32 heavy (non-hydrogen) atoms. The summed E-state index contributed by atoms with van der Waals surface area (Å²) < 4.78 is 14.5. The van der Waals surface area contributed by atoms with E-state index < -0.39 is 0 Å². The van der Waals surface area contributed by atoms with Crippen molar-refractivity contribution in [1.29, 1.82) is 0 Å². The Morgan fingerprint density at radius 3 is 2.47 bits per heavy atom. The lowest BCUT2D eigenvalue weighted by atomic mass is 10.0. The van der Waals surface area contributed by atoms with Crippen LogP contribution in [0.4, 0.5) is 10.2 Å². The maximum absolute atomic E-state index is 14.5. The van der Waals surface area contributed by atoms with Crippen LogP contribution < -0.4 is 4.90 Å². The fourth-order valence-electron chi connectivity index (χ4n) is 4.04. The lowest BCUT2D eigenvalue weighted by Gasteiger charge is -2.36. The van der Waals surface area contributed by atoms with E-state index in [1.807, 2.05) is 34.5 Å². The first kappa shape index (κ1) is 22.4. The lowest BCUT2D eigenvalue weighted by Crippen LogP contribution is -2.49. The Morgan fingerprint density at radius 1 is 1.09 bits per heavy atom. The molecule has 0 saturated carbocycles. The van der Waals surface area contributed by atoms with Crippen LogP contribution in [-0.4, -0.2) is 47.0 Å². The van der Waals surface area contributed by atoms with Crippen LogP contribution in [0, 0.1) is 5.82 Å². The van der Waals surface area contributed by atoms with Crippen molar-refractivity contribution in [1.82, 2.24) is 14.9 Å². The first-order valence-electron chi connectivity index (χ1n) is 11.2. The van der Waals surface area contributed by atoms with Crippen LogP contribution >= 0.6 is 11.3 Å². The third kappa shape index (κ3) is 4.67. The van der Waals surface area contributed by atoms with E-state index in [-0.39, 0.29) is 17.6 Å². The number of halogens is 1. The Balaban J connectivity index is 1.64. The van der Waals surface area contributed by atoms with Gasteiger partial charge in [0.15, 0.2) is 0 Å². The van der Waals surface area contributed by atoms with Crippen molar-refractivity contribution in [2.45, 2.75) is 39.5 Å². The Kier molecular flexibility index (Phi) is 6.84. The summed E-state index contributed by atoms with van der Waals surface area (Å²) in [6, 6.07) is 10.7. The first-order valence-corrected chi connectivity index (χ1v) is 12.1. The summed E-state index contributed by atoms with van der Waals surface area (Å²) in [4.78, 5) is 27.4. The molecule has 168 valence electrons. The molecule has 0 bridgehead atoms. The summed E-state index contributed by atoms with van der Waals surface area (Å²) in [7, 11) is 0. The standard InChI is InChI=1S/C25H29FN4OS/c1-4-21-19(16-18-8-5-6-9-20(18)26)24(28-23(27-21)17(2)3)29-11-13-30(14-12-29)25(31)22-10-7-15-32-22/h5-10,15,17H,4,11-14,16H2,1-3H3. The van der Waals surface area contributed by atoms with Gasteiger partial charge in [0.2, 0.25) is 0 Å². The van der Waals surface area contributed by atoms with Crippen molar-refractivity contribution < 1.29 is 9.18 Å². The Morgan fingerprint density at radius 2 is 1.84 bits per heavy atom. The van der Waals surface area contributed by atoms with E-state index in [9.17, 15) is 9.18 Å². The molecular weight excluding hydrogens is 423 g/mol. The highest BCUT2D eigenvalue weighted by Gasteiger charge is 2.27. The number of amides is 1. The van der Waals surface area contributed by atoms with Gasteiger partial charge in [-0.05, 0) is 29.5 Å². The predicted molar refractivity (Wildman–Crippen MR) is 127 cm³/mol. The van der Waals surface area contributed by atoms with Gasteiger partial charge in [-0.3, -0.25) is 4.79 Å². The molecule has 1 saturated heterocycles. The molecule has 1 amide bonds. The number of rotatable bonds is 6. The minimum Gasteiger partial charge on any atom is -0.353 e. The average Bonchev–Trinajstić information content (AvgIpc) is 3.35. The zero-order valence-corrected chi connectivity index (χ0v) is 19.7. The smallest absolute Gasteiger partial charge is 0.264 e. The number of nitrogens with zero attached hydrogens (tertiary/aromatic N) is 4. The van der Waals surface area contributed by atoms with E-state index in [4.69, 9.17) is 9.97 Å². The fourth-order valence-corrected chi connectivity index (χ4v) is 4.73. The molecule has 0 unspecified atom stereocenters. The summed E-state index contributed by atoms with van der Waals surface area (Å²) in [5.74, 6) is 1.77. The van der Waals surface area contributed by atoms with Crippen LogP contribution in [0.1, 0.15) is 59.0 Å². The third-order valence-corrected chi connectivity index (χ3v) is 6.72. The van der Waals surface area contributed by atoms with Gasteiger partial charge in [-0.15, -0.1) is 11.3 Å². The number of benzene rings is 1. The lowest BCUT2D eigenvalue weighted by molar-refractivity contribution is 0.0751. The number of carbonyl (C=O) groups excluding carboxylic acids is 1. The molecule has 3 aromatic rings. The number of carbonyl (C=O) groups is 1. The van der Waals surface area contributed by atoms with Crippen LogP contribution in [0.5, 0.6) is 0 Å². The number of thiophene rings is 1. The van der Waals surface area contributed by atoms with E-state index in [1.54, 1.807) is 6.07 Å². The number of hydrogen-bond acceptors (Lipinski definition) is 5. The van der Waals surface area contributed by atoms with Crippen molar-refractivity contribution in [3.8, 4) is 0 Å². The number of piperazine rings is 1. The molecule has 1 aliphatic rings. The second-order valence-corrected chi connectivity index (χ2v) is 9.31. The topological polar surface area (TPSA) is 49.3 Å². The van der Waals surface area contributed by atoms with Gasteiger partial charge in [0.25, 0.3) is 5.91 Å². The van der Waals surface area contributed by atoms with E-state index in [0.29, 0.717) is 38.2 Å². The minimum atomic E-state index is -0.209. The monoisotopic (exact) mass is 452 g/mol. The normalized spacial score (nSPS) is 14.3.